The van der Waals surface area contributed by atoms with Crippen LogP contribution in [0.5, 0.6) is 5.88 Å². The lowest BCUT2D eigenvalue weighted by atomic mass is 10.0. The summed E-state index contributed by atoms with van der Waals surface area (Å²) >= 11 is 0. The van der Waals surface area contributed by atoms with Gasteiger partial charge < -0.3 is 15.2 Å². The number of hydrogen-bond acceptors (Lipinski definition) is 4. The first-order valence-electron chi connectivity index (χ1n) is 8.12. The smallest absolute Gasteiger partial charge is 0.326 e. The van der Waals surface area contributed by atoms with Gasteiger partial charge in [0, 0.05) is 17.8 Å². The Morgan fingerprint density at radius 1 is 1.20 bits per heavy atom. The monoisotopic (exact) mass is 342 g/mol. The largest absolute Gasteiger partial charge is 0.480 e. The highest BCUT2D eigenvalue weighted by atomic mass is 16.5. The number of rotatable bonds is 8. The standard InChI is InChI=1S/C19H22N2O4/c1-13(2)10-16(19(23)24)21-18(22)15-8-9-20-17(11-15)25-12-14-6-4-3-5-7-14/h3-9,11,13,16H,10,12H2,1-2H3,(H,21,22)(H,23,24). The van der Waals surface area contributed by atoms with Crippen LogP contribution in [0.25, 0.3) is 0 Å². The minimum absolute atomic E-state index is 0.156. The van der Waals surface area contributed by atoms with Gasteiger partial charge in [-0.15, -0.1) is 0 Å². The number of aromatic nitrogens is 1. The van der Waals surface area contributed by atoms with E-state index in [0.29, 0.717) is 24.5 Å². The molecular weight excluding hydrogens is 320 g/mol. The Balaban J connectivity index is 2.01. The van der Waals surface area contributed by atoms with Gasteiger partial charge in [-0.05, 0) is 24.0 Å². The highest BCUT2D eigenvalue weighted by Crippen LogP contribution is 2.13. The second-order valence-corrected chi connectivity index (χ2v) is 6.15. The normalized spacial score (nSPS) is 11.8. The summed E-state index contributed by atoms with van der Waals surface area (Å²) in [4.78, 5) is 27.7. The molecule has 0 bridgehead atoms. The number of hydrogen-bond donors (Lipinski definition) is 2. The number of carbonyl (C=O) groups is 2. The topological polar surface area (TPSA) is 88.5 Å². The summed E-state index contributed by atoms with van der Waals surface area (Å²) in [5.41, 5.74) is 1.30. The zero-order valence-corrected chi connectivity index (χ0v) is 14.3. The zero-order valence-electron chi connectivity index (χ0n) is 14.3. The average molecular weight is 342 g/mol. The minimum Gasteiger partial charge on any atom is -0.480 e. The molecule has 1 amide bonds. The number of pyridine rings is 1. The third kappa shape index (κ3) is 5.91. The number of nitrogens with zero attached hydrogens (tertiary/aromatic N) is 1. The predicted molar refractivity (Wildman–Crippen MR) is 93.4 cm³/mol. The van der Waals surface area contributed by atoms with Crippen molar-refractivity contribution in [3.05, 3.63) is 59.8 Å². The molecule has 1 heterocycles. The molecule has 1 aromatic heterocycles. The molecule has 25 heavy (non-hydrogen) atoms. The van der Waals surface area contributed by atoms with Crippen LogP contribution in [-0.2, 0) is 11.4 Å². The van der Waals surface area contributed by atoms with Crippen LogP contribution < -0.4 is 10.1 Å². The van der Waals surface area contributed by atoms with Crippen molar-refractivity contribution in [1.29, 1.82) is 0 Å². The molecule has 1 atom stereocenters. The molecule has 0 saturated carbocycles. The number of nitrogens with one attached hydrogen (secondary N) is 1. The molecule has 0 aliphatic carbocycles. The first-order chi connectivity index (χ1) is 12.0. The van der Waals surface area contributed by atoms with Gasteiger partial charge in [0.25, 0.3) is 5.91 Å². The Morgan fingerprint density at radius 3 is 2.56 bits per heavy atom. The summed E-state index contributed by atoms with van der Waals surface area (Å²) in [7, 11) is 0. The molecule has 0 spiro atoms. The Kier molecular flexibility index (Phi) is 6.51. The van der Waals surface area contributed by atoms with E-state index in [-0.39, 0.29) is 5.92 Å². The second kappa shape index (κ2) is 8.82. The van der Waals surface area contributed by atoms with Crippen molar-refractivity contribution in [3.63, 3.8) is 0 Å². The van der Waals surface area contributed by atoms with E-state index in [1.807, 2.05) is 44.2 Å². The van der Waals surface area contributed by atoms with Gasteiger partial charge in [0.2, 0.25) is 5.88 Å². The van der Waals surface area contributed by atoms with Crippen molar-refractivity contribution in [2.45, 2.75) is 32.9 Å². The Bertz CT molecular complexity index is 716. The third-order valence-electron chi connectivity index (χ3n) is 3.54. The fourth-order valence-electron chi connectivity index (χ4n) is 2.30. The van der Waals surface area contributed by atoms with E-state index in [4.69, 9.17) is 4.74 Å². The molecule has 0 saturated heterocycles. The van der Waals surface area contributed by atoms with Crippen molar-refractivity contribution in [1.82, 2.24) is 10.3 Å². The molecule has 0 fully saturated rings. The predicted octanol–water partition coefficient (Wildman–Crippen LogP) is 2.89. The lowest BCUT2D eigenvalue weighted by molar-refractivity contribution is -0.139. The molecule has 1 aromatic carbocycles. The quantitative estimate of drug-likeness (QED) is 0.770. The lowest BCUT2D eigenvalue weighted by Crippen LogP contribution is -2.41. The van der Waals surface area contributed by atoms with Gasteiger partial charge in [-0.2, -0.15) is 0 Å². The Hall–Kier alpha value is -2.89. The molecular formula is C19H22N2O4. The number of carboxylic acid groups (broad SMARTS) is 1. The van der Waals surface area contributed by atoms with Crippen molar-refractivity contribution in [2.75, 3.05) is 0 Å². The van der Waals surface area contributed by atoms with Crippen LogP contribution >= 0.6 is 0 Å². The van der Waals surface area contributed by atoms with Gasteiger partial charge in [-0.1, -0.05) is 44.2 Å². The van der Waals surface area contributed by atoms with Crippen molar-refractivity contribution in [2.24, 2.45) is 5.92 Å². The van der Waals surface area contributed by atoms with Crippen LogP contribution in [-0.4, -0.2) is 28.0 Å². The maximum Gasteiger partial charge on any atom is 0.326 e. The zero-order chi connectivity index (χ0) is 18.2. The highest BCUT2D eigenvalue weighted by Gasteiger charge is 2.22. The van der Waals surface area contributed by atoms with Crippen molar-refractivity contribution < 1.29 is 19.4 Å². The molecule has 2 N–H and O–H groups in total. The van der Waals surface area contributed by atoms with E-state index >= 15 is 0 Å². The summed E-state index contributed by atoms with van der Waals surface area (Å²) in [5, 5.41) is 11.8. The maximum atomic E-state index is 12.3. The fourth-order valence-corrected chi connectivity index (χ4v) is 2.30. The van der Waals surface area contributed by atoms with E-state index in [2.05, 4.69) is 10.3 Å². The lowest BCUT2D eigenvalue weighted by Gasteiger charge is -2.16. The van der Waals surface area contributed by atoms with E-state index in [1.54, 1.807) is 0 Å². The van der Waals surface area contributed by atoms with Crippen LogP contribution in [0.15, 0.2) is 48.7 Å². The van der Waals surface area contributed by atoms with Gasteiger partial charge >= 0.3 is 5.97 Å². The number of benzene rings is 1. The third-order valence-corrected chi connectivity index (χ3v) is 3.54. The molecule has 0 aliphatic rings. The summed E-state index contributed by atoms with van der Waals surface area (Å²) in [5.74, 6) is -1.03. The van der Waals surface area contributed by atoms with E-state index in [0.717, 1.165) is 5.56 Å². The molecule has 1 unspecified atom stereocenters. The van der Waals surface area contributed by atoms with Crippen LogP contribution in [0, 0.1) is 5.92 Å². The highest BCUT2D eigenvalue weighted by molar-refractivity contribution is 5.96. The van der Waals surface area contributed by atoms with Gasteiger partial charge in [0.15, 0.2) is 0 Å². The number of aliphatic carboxylic acids is 1. The van der Waals surface area contributed by atoms with E-state index in [9.17, 15) is 14.7 Å². The first-order valence-corrected chi connectivity index (χ1v) is 8.12. The molecule has 2 aromatic rings. The first kappa shape index (κ1) is 18.4. The van der Waals surface area contributed by atoms with E-state index in [1.165, 1.54) is 18.3 Å². The van der Waals surface area contributed by atoms with Crippen LogP contribution in [0.4, 0.5) is 0 Å². The summed E-state index contributed by atoms with van der Waals surface area (Å²) in [6.07, 6.45) is 1.83. The van der Waals surface area contributed by atoms with Crippen molar-refractivity contribution in [3.8, 4) is 5.88 Å². The molecule has 6 heteroatoms. The van der Waals surface area contributed by atoms with Crippen LogP contribution in [0.2, 0.25) is 0 Å². The number of ether oxygens (including phenoxy) is 1. The number of carbonyl (C=O) groups excluding carboxylic acids is 1. The molecule has 0 aliphatic heterocycles. The maximum absolute atomic E-state index is 12.3. The Labute approximate surface area is 146 Å². The van der Waals surface area contributed by atoms with Crippen LogP contribution in [0.3, 0.4) is 0 Å². The second-order valence-electron chi connectivity index (χ2n) is 6.15. The van der Waals surface area contributed by atoms with Gasteiger partial charge in [-0.3, -0.25) is 4.79 Å². The SMILES string of the molecule is CC(C)CC(NC(=O)c1ccnc(OCc2ccccc2)c1)C(=O)O. The van der Waals surface area contributed by atoms with Crippen LogP contribution in [0.1, 0.15) is 36.2 Å². The summed E-state index contributed by atoms with van der Waals surface area (Å²) < 4.78 is 5.59. The van der Waals surface area contributed by atoms with Gasteiger partial charge in [0.1, 0.15) is 12.6 Å². The fraction of sp³-hybridized carbons (Fsp3) is 0.316. The molecule has 6 nitrogen and oxygen atoms in total. The van der Waals surface area contributed by atoms with E-state index < -0.39 is 17.9 Å². The summed E-state index contributed by atoms with van der Waals surface area (Å²) in [6, 6.07) is 11.7. The van der Waals surface area contributed by atoms with Gasteiger partial charge in [0.05, 0.1) is 0 Å². The Morgan fingerprint density at radius 2 is 1.92 bits per heavy atom. The number of amides is 1. The summed E-state index contributed by atoms with van der Waals surface area (Å²) in [6.45, 7) is 4.15. The molecule has 2 rings (SSSR count). The minimum atomic E-state index is -1.04. The number of carboxylic acids is 1. The molecule has 132 valence electrons. The molecule has 0 radical (unpaired) electrons. The average Bonchev–Trinajstić information content (AvgIpc) is 2.60. The van der Waals surface area contributed by atoms with Crippen molar-refractivity contribution >= 4 is 11.9 Å². The van der Waals surface area contributed by atoms with Gasteiger partial charge in [-0.25, -0.2) is 9.78 Å².